The van der Waals surface area contributed by atoms with Crippen LogP contribution < -0.4 is 0 Å². The van der Waals surface area contributed by atoms with Gasteiger partial charge in [-0.05, 0) is 31.2 Å². The Balaban J connectivity index is 2.36. The summed E-state index contributed by atoms with van der Waals surface area (Å²) in [6, 6.07) is 7.58. The van der Waals surface area contributed by atoms with Crippen molar-refractivity contribution >= 4 is 17.6 Å². The highest BCUT2D eigenvalue weighted by Crippen LogP contribution is 2.33. The summed E-state index contributed by atoms with van der Waals surface area (Å²) in [5.74, 6) is -0.496. The summed E-state index contributed by atoms with van der Waals surface area (Å²) < 4.78 is 43.1. The van der Waals surface area contributed by atoms with Gasteiger partial charge in [0.15, 0.2) is 0 Å². The summed E-state index contributed by atoms with van der Waals surface area (Å²) in [7, 11) is 0. The molecule has 0 spiro atoms. The van der Waals surface area contributed by atoms with Crippen molar-refractivity contribution in [3.8, 4) is 11.3 Å². The van der Waals surface area contributed by atoms with E-state index < -0.39 is 17.7 Å². The highest BCUT2D eigenvalue weighted by atomic mass is 35.5. The van der Waals surface area contributed by atoms with Gasteiger partial charge in [0, 0.05) is 5.56 Å². The number of nitrogens with zero attached hydrogens (tertiary/aromatic N) is 1. The maximum Gasteiger partial charge on any atom is 0.416 e. The SMILES string of the molecule is CCOC(=O)c1ccc(-c2cc(C(F)(F)F)cc(Cl)n2)cc1. The van der Waals surface area contributed by atoms with Gasteiger partial charge in [-0.25, -0.2) is 9.78 Å². The number of rotatable bonds is 3. The van der Waals surface area contributed by atoms with Crippen molar-refractivity contribution in [1.82, 2.24) is 4.98 Å². The number of hydrogen-bond acceptors (Lipinski definition) is 3. The first-order valence-corrected chi connectivity index (χ1v) is 6.71. The lowest BCUT2D eigenvalue weighted by Gasteiger charge is -2.09. The number of carbonyl (C=O) groups is 1. The van der Waals surface area contributed by atoms with Crippen molar-refractivity contribution < 1.29 is 22.7 Å². The largest absolute Gasteiger partial charge is 0.462 e. The fourth-order valence-electron chi connectivity index (χ4n) is 1.80. The van der Waals surface area contributed by atoms with Crippen LogP contribution in [0.2, 0.25) is 5.15 Å². The molecule has 0 amide bonds. The topological polar surface area (TPSA) is 39.2 Å². The predicted molar refractivity (Wildman–Crippen MR) is 75.6 cm³/mol. The Kier molecular flexibility index (Phi) is 4.71. The summed E-state index contributed by atoms with van der Waals surface area (Å²) in [5, 5.41) is -0.251. The normalized spacial score (nSPS) is 11.3. The lowest BCUT2D eigenvalue weighted by molar-refractivity contribution is -0.137. The lowest BCUT2D eigenvalue weighted by Crippen LogP contribution is -2.06. The molecular formula is C15H11ClF3NO2. The Bertz CT molecular complexity index is 684. The molecule has 0 fully saturated rings. The molecule has 0 aliphatic carbocycles. The number of ether oxygens (including phenoxy) is 1. The van der Waals surface area contributed by atoms with Crippen LogP contribution in [0, 0.1) is 0 Å². The predicted octanol–water partition coefficient (Wildman–Crippen LogP) is 4.60. The van der Waals surface area contributed by atoms with E-state index >= 15 is 0 Å². The monoisotopic (exact) mass is 329 g/mol. The van der Waals surface area contributed by atoms with E-state index in [0.717, 1.165) is 12.1 Å². The molecule has 1 aromatic heterocycles. The number of halogens is 4. The molecule has 0 aliphatic rings. The molecule has 1 aromatic carbocycles. The second-order valence-corrected chi connectivity index (χ2v) is 4.75. The number of pyridine rings is 1. The van der Waals surface area contributed by atoms with Gasteiger partial charge in [0.05, 0.1) is 23.4 Å². The van der Waals surface area contributed by atoms with Gasteiger partial charge in [-0.3, -0.25) is 0 Å². The standard InChI is InChI=1S/C15H11ClF3NO2/c1-2-22-14(21)10-5-3-9(4-6-10)12-7-11(15(17,18)19)8-13(16)20-12/h3-8H,2H2,1H3. The fraction of sp³-hybridized carbons (Fsp3) is 0.200. The van der Waals surface area contributed by atoms with Crippen molar-refractivity contribution in [3.63, 3.8) is 0 Å². The fourth-order valence-corrected chi connectivity index (χ4v) is 2.01. The molecular weight excluding hydrogens is 319 g/mol. The van der Waals surface area contributed by atoms with Crippen molar-refractivity contribution in [1.29, 1.82) is 0 Å². The molecule has 116 valence electrons. The molecule has 0 aliphatic heterocycles. The number of carbonyl (C=O) groups excluding carboxylic acids is 1. The summed E-state index contributed by atoms with van der Waals surface area (Å²) in [4.78, 5) is 15.4. The maximum atomic E-state index is 12.8. The van der Waals surface area contributed by atoms with E-state index in [1.165, 1.54) is 24.3 Å². The van der Waals surface area contributed by atoms with Gasteiger partial charge in [-0.15, -0.1) is 0 Å². The molecule has 0 radical (unpaired) electrons. The summed E-state index contributed by atoms with van der Waals surface area (Å²) in [6.07, 6.45) is -4.51. The number of esters is 1. The van der Waals surface area contributed by atoms with Crippen molar-refractivity contribution in [3.05, 3.63) is 52.7 Å². The Hall–Kier alpha value is -2.08. The Morgan fingerprint density at radius 3 is 2.41 bits per heavy atom. The summed E-state index contributed by atoms with van der Waals surface area (Å²) >= 11 is 5.64. The molecule has 0 bridgehead atoms. The van der Waals surface area contributed by atoms with Gasteiger partial charge in [-0.2, -0.15) is 13.2 Å². The third-order valence-corrected chi connectivity index (χ3v) is 3.01. The Labute approximate surface area is 129 Å². The smallest absolute Gasteiger partial charge is 0.416 e. The minimum absolute atomic E-state index is 0.0789. The van der Waals surface area contributed by atoms with E-state index in [2.05, 4.69) is 4.98 Å². The third kappa shape index (κ3) is 3.76. The van der Waals surface area contributed by atoms with Gasteiger partial charge < -0.3 is 4.74 Å². The lowest BCUT2D eigenvalue weighted by atomic mass is 10.1. The van der Waals surface area contributed by atoms with Crippen LogP contribution >= 0.6 is 11.6 Å². The van der Waals surface area contributed by atoms with E-state index in [-0.39, 0.29) is 17.5 Å². The van der Waals surface area contributed by atoms with E-state index in [9.17, 15) is 18.0 Å². The van der Waals surface area contributed by atoms with E-state index in [4.69, 9.17) is 16.3 Å². The van der Waals surface area contributed by atoms with Gasteiger partial charge in [0.2, 0.25) is 0 Å². The van der Waals surface area contributed by atoms with Crippen LogP contribution in [0.1, 0.15) is 22.8 Å². The van der Waals surface area contributed by atoms with Gasteiger partial charge in [0.1, 0.15) is 5.15 Å². The number of benzene rings is 1. The van der Waals surface area contributed by atoms with Crippen molar-refractivity contribution in [2.24, 2.45) is 0 Å². The van der Waals surface area contributed by atoms with Crippen LogP contribution in [0.15, 0.2) is 36.4 Å². The van der Waals surface area contributed by atoms with E-state index in [0.29, 0.717) is 11.1 Å². The molecule has 0 saturated heterocycles. The molecule has 22 heavy (non-hydrogen) atoms. The molecule has 0 unspecified atom stereocenters. The van der Waals surface area contributed by atoms with E-state index in [1.54, 1.807) is 6.92 Å². The van der Waals surface area contributed by atoms with Crippen molar-refractivity contribution in [2.45, 2.75) is 13.1 Å². The molecule has 0 N–H and O–H groups in total. The van der Waals surface area contributed by atoms with Gasteiger partial charge >= 0.3 is 12.1 Å². The van der Waals surface area contributed by atoms with Gasteiger partial charge in [0.25, 0.3) is 0 Å². The maximum absolute atomic E-state index is 12.8. The zero-order valence-corrected chi connectivity index (χ0v) is 12.2. The minimum atomic E-state index is -4.51. The first kappa shape index (κ1) is 16.3. The number of aromatic nitrogens is 1. The Morgan fingerprint density at radius 1 is 1.23 bits per heavy atom. The number of hydrogen-bond donors (Lipinski definition) is 0. The Morgan fingerprint density at radius 2 is 1.86 bits per heavy atom. The van der Waals surface area contributed by atoms with E-state index in [1.807, 2.05) is 0 Å². The zero-order valence-electron chi connectivity index (χ0n) is 11.4. The van der Waals surface area contributed by atoms with Crippen LogP contribution in [-0.4, -0.2) is 17.6 Å². The van der Waals surface area contributed by atoms with Crippen LogP contribution in [0.4, 0.5) is 13.2 Å². The quantitative estimate of drug-likeness (QED) is 0.610. The third-order valence-electron chi connectivity index (χ3n) is 2.81. The average molecular weight is 330 g/mol. The minimum Gasteiger partial charge on any atom is -0.462 e. The molecule has 0 atom stereocenters. The first-order valence-electron chi connectivity index (χ1n) is 6.33. The molecule has 0 saturated carbocycles. The molecule has 2 rings (SSSR count). The van der Waals surface area contributed by atoms with Crippen LogP contribution in [0.25, 0.3) is 11.3 Å². The summed E-state index contributed by atoms with van der Waals surface area (Å²) in [5.41, 5.74) is -0.0723. The second-order valence-electron chi connectivity index (χ2n) is 4.36. The van der Waals surface area contributed by atoms with Crippen LogP contribution in [0.3, 0.4) is 0 Å². The number of alkyl halides is 3. The van der Waals surface area contributed by atoms with Gasteiger partial charge in [-0.1, -0.05) is 23.7 Å². The average Bonchev–Trinajstić information content (AvgIpc) is 2.46. The van der Waals surface area contributed by atoms with Crippen LogP contribution in [0.5, 0.6) is 0 Å². The molecule has 2 aromatic rings. The van der Waals surface area contributed by atoms with Crippen LogP contribution in [-0.2, 0) is 10.9 Å². The highest BCUT2D eigenvalue weighted by Gasteiger charge is 2.31. The zero-order chi connectivity index (χ0) is 16.3. The second kappa shape index (κ2) is 6.36. The van der Waals surface area contributed by atoms with Crippen molar-refractivity contribution in [2.75, 3.05) is 6.61 Å². The highest BCUT2D eigenvalue weighted by molar-refractivity contribution is 6.29. The first-order chi connectivity index (χ1) is 10.3. The molecule has 7 heteroatoms. The molecule has 3 nitrogen and oxygen atoms in total. The summed E-state index contributed by atoms with van der Waals surface area (Å²) in [6.45, 7) is 1.92. The molecule has 1 heterocycles.